The summed E-state index contributed by atoms with van der Waals surface area (Å²) < 4.78 is 6.73. The van der Waals surface area contributed by atoms with Crippen LogP contribution in [0.5, 0.6) is 5.75 Å². The summed E-state index contributed by atoms with van der Waals surface area (Å²) in [7, 11) is 1.59. The van der Waals surface area contributed by atoms with Gasteiger partial charge in [0.05, 0.1) is 19.4 Å². The second-order valence-electron chi connectivity index (χ2n) is 4.36. The molecule has 0 amide bonds. The number of methoxy groups -OCH3 is 1. The minimum atomic E-state index is -0.165. The number of rotatable bonds is 5. The largest absolute Gasteiger partial charge is 0.497 e. The summed E-state index contributed by atoms with van der Waals surface area (Å²) in [6, 6.07) is 11.0. The fourth-order valence-electron chi connectivity index (χ4n) is 2.14. The third-order valence-electron chi connectivity index (χ3n) is 3.16. The summed E-state index contributed by atoms with van der Waals surface area (Å²) in [5, 5.41) is 9.16. The molecule has 5 nitrogen and oxygen atoms in total. The molecule has 2 aromatic rings. The quantitative estimate of drug-likeness (QED) is 0.852. The van der Waals surface area contributed by atoms with Crippen molar-refractivity contribution < 1.29 is 9.84 Å². The third-order valence-corrected chi connectivity index (χ3v) is 3.16. The van der Waals surface area contributed by atoms with Gasteiger partial charge in [-0.25, -0.2) is 0 Å². The van der Waals surface area contributed by atoms with Crippen LogP contribution in [0, 0.1) is 0 Å². The van der Waals surface area contributed by atoms with E-state index in [1.165, 1.54) is 4.57 Å². The van der Waals surface area contributed by atoms with Crippen molar-refractivity contribution in [3.8, 4) is 17.0 Å². The monoisotopic (exact) mass is 274 g/mol. The maximum absolute atomic E-state index is 12.3. The smallest absolute Gasteiger partial charge is 0.255 e. The van der Waals surface area contributed by atoms with Gasteiger partial charge < -0.3 is 20.1 Å². The standard InChI is InChI=1S/C15H18N2O3/c1-20-13-4-2-3-11(9-13)14-6-5-12(10-16)15(19)17(14)7-8-18/h2-6,9,18H,7-8,10,16H2,1H3. The molecule has 0 radical (unpaired) electrons. The van der Waals surface area contributed by atoms with Crippen molar-refractivity contribution in [1.29, 1.82) is 0 Å². The predicted molar refractivity (Wildman–Crippen MR) is 77.7 cm³/mol. The average molecular weight is 274 g/mol. The van der Waals surface area contributed by atoms with Gasteiger partial charge in [0.2, 0.25) is 0 Å². The molecule has 1 aromatic carbocycles. The lowest BCUT2D eigenvalue weighted by molar-refractivity contribution is 0.274. The van der Waals surface area contributed by atoms with Gasteiger partial charge in [0, 0.05) is 24.2 Å². The van der Waals surface area contributed by atoms with Crippen molar-refractivity contribution >= 4 is 0 Å². The van der Waals surface area contributed by atoms with Gasteiger partial charge in [-0.2, -0.15) is 0 Å². The number of hydrogen-bond donors (Lipinski definition) is 2. The molecular weight excluding hydrogens is 256 g/mol. The molecule has 0 bridgehead atoms. The van der Waals surface area contributed by atoms with Gasteiger partial charge >= 0.3 is 0 Å². The first-order valence-electron chi connectivity index (χ1n) is 6.39. The number of hydrogen-bond acceptors (Lipinski definition) is 4. The maximum atomic E-state index is 12.3. The Morgan fingerprint density at radius 2 is 2.10 bits per heavy atom. The molecule has 5 heteroatoms. The molecule has 0 saturated carbocycles. The van der Waals surface area contributed by atoms with E-state index in [1.807, 2.05) is 30.3 Å². The topological polar surface area (TPSA) is 77.5 Å². The average Bonchev–Trinajstić information content (AvgIpc) is 2.49. The first kappa shape index (κ1) is 14.3. The Bertz CT molecular complexity index is 650. The molecule has 1 aromatic heterocycles. The summed E-state index contributed by atoms with van der Waals surface area (Å²) in [4.78, 5) is 12.3. The molecule has 2 rings (SSSR count). The van der Waals surface area contributed by atoms with E-state index in [0.717, 1.165) is 11.3 Å². The van der Waals surface area contributed by atoms with Crippen molar-refractivity contribution in [2.75, 3.05) is 13.7 Å². The van der Waals surface area contributed by atoms with Gasteiger partial charge in [-0.15, -0.1) is 0 Å². The minimum Gasteiger partial charge on any atom is -0.497 e. The molecule has 0 aliphatic carbocycles. The Balaban J connectivity index is 2.60. The van der Waals surface area contributed by atoms with Crippen molar-refractivity contribution in [2.24, 2.45) is 5.73 Å². The van der Waals surface area contributed by atoms with Gasteiger partial charge in [0.15, 0.2) is 0 Å². The number of pyridine rings is 1. The lowest BCUT2D eigenvalue weighted by atomic mass is 10.1. The summed E-state index contributed by atoms with van der Waals surface area (Å²) >= 11 is 0. The number of nitrogens with zero attached hydrogens (tertiary/aromatic N) is 1. The lowest BCUT2D eigenvalue weighted by Crippen LogP contribution is -2.27. The molecule has 0 atom stereocenters. The van der Waals surface area contributed by atoms with E-state index < -0.39 is 0 Å². The van der Waals surface area contributed by atoms with E-state index in [-0.39, 0.29) is 25.3 Å². The van der Waals surface area contributed by atoms with Crippen LogP contribution in [0.3, 0.4) is 0 Å². The zero-order chi connectivity index (χ0) is 14.5. The summed E-state index contributed by atoms with van der Waals surface area (Å²) in [6.07, 6.45) is 0. The van der Waals surface area contributed by atoms with Crippen molar-refractivity contribution in [3.05, 3.63) is 52.3 Å². The molecule has 0 spiro atoms. The van der Waals surface area contributed by atoms with Crippen LogP contribution in [-0.4, -0.2) is 23.4 Å². The van der Waals surface area contributed by atoms with E-state index in [4.69, 9.17) is 15.6 Å². The summed E-state index contributed by atoms with van der Waals surface area (Å²) in [5.41, 5.74) is 7.52. The van der Waals surface area contributed by atoms with Gasteiger partial charge in [-0.1, -0.05) is 18.2 Å². The molecule has 3 N–H and O–H groups in total. The summed E-state index contributed by atoms with van der Waals surface area (Å²) in [5.74, 6) is 0.716. The minimum absolute atomic E-state index is 0.106. The highest BCUT2D eigenvalue weighted by atomic mass is 16.5. The van der Waals surface area contributed by atoms with Crippen LogP contribution in [0.1, 0.15) is 5.56 Å². The Hall–Kier alpha value is -2.11. The molecule has 0 unspecified atom stereocenters. The molecule has 20 heavy (non-hydrogen) atoms. The first-order valence-corrected chi connectivity index (χ1v) is 6.39. The fraction of sp³-hybridized carbons (Fsp3) is 0.267. The normalized spacial score (nSPS) is 10.6. The molecule has 0 aliphatic rings. The highest BCUT2D eigenvalue weighted by Gasteiger charge is 2.10. The number of nitrogens with two attached hydrogens (primary N) is 1. The third kappa shape index (κ3) is 2.74. The zero-order valence-corrected chi connectivity index (χ0v) is 11.4. The number of aliphatic hydroxyl groups is 1. The van der Waals surface area contributed by atoms with E-state index in [0.29, 0.717) is 11.3 Å². The molecule has 1 heterocycles. The predicted octanol–water partition coefficient (Wildman–Crippen LogP) is 0.975. The van der Waals surface area contributed by atoms with Crippen LogP contribution in [0.15, 0.2) is 41.2 Å². The van der Waals surface area contributed by atoms with Gasteiger partial charge in [0.1, 0.15) is 5.75 Å². The second kappa shape index (κ2) is 6.36. The highest BCUT2D eigenvalue weighted by molar-refractivity contribution is 5.62. The number of ether oxygens (including phenoxy) is 1. The van der Waals surface area contributed by atoms with Crippen LogP contribution in [-0.2, 0) is 13.1 Å². The lowest BCUT2D eigenvalue weighted by Gasteiger charge is -2.14. The van der Waals surface area contributed by atoms with Crippen LogP contribution >= 0.6 is 0 Å². The van der Waals surface area contributed by atoms with E-state index in [9.17, 15) is 4.79 Å². The molecule has 0 fully saturated rings. The van der Waals surface area contributed by atoms with Crippen LogP contribution in [0.25, 0.3) is 11.3 Å². The van der Waals surface area contributed by atoms with E-state index >= 15 is 0 Å². The Labute approximate surface area is 117 Å². The molecule has 0 saturated heterocycles. The molecular formula is C15H18N2O3. The van der Waals surface area contributed by atoms with Gasteiger partial charge in [0.25, 0.3) is 5.56 Å². The number of aromatic nitrogens is 1. The Morgan fingerprint density at radius 1 is 1.30 bits per heavy atom. The van der Waals surface area contributed by atoms with Crippen LogP contribution in [0.4, 0.5) is 0 Å². The first-order chi connectivity index (χ1) is 9.71. The van der Waals surface area contributed by atoms with E-state index in [1.54, 1.807) is 13.2 Å². The number of benzene rings is 1. The Morgan fingerprint density at radius 3 is 2.75 bits per heavy atom. The second-order valence-corrected chi connectivity index (χ2v) is 4.36. The molecule has 0 aliphatic heterocycles. The van der Waals surface area contributed by atoms with Crippen molar-refractivity contribution in [3.63, 3.8) is 0 Å². The highest BCUT2D eigenvalue weighted by Crippen LogP contribution is 2.23. The van der Waals surface area contributed by atoms with Crippen molar-refractivity contribution in [1.82, 2.24) is 4.57 Å². The van der Waals surface area contributed by atoms with Gasteiger partial charge in [-0.05, 0) is 18.2 Å². The zero-order valence-electron chi connectivity index (χ0n) is 11.4. The fourth-order valence-corrected chi connectivity index (χ4v) is 2.14. The number of aliphatic hydroxyl groups excluding tert-OH is 1. The van der Waals surface area contributed by atoms with Crippen molar-refractivity contribution in [2.45, 2.75) is 13.1 Å². The Kier molecular flexibility index (Phi) is 4.55. The van der Waals surface area contributed by atoms with E-state index in [2.05, 4.69) is 0 Å². The van der Waals surface area contributed by atoms with Crippen LogP contribution in [0.2, 0.25) is 0 Å². The summed E-state index contributed by atoms with van der Waals surface area (Å²) in [6.45, 7) is 0.312. The maximum Gasteiger partial charge on any atom is 0.255 e. The van der Waals surface area contributed by atoms with Crippen LogP contribution < -0.4 is 16.0 Å². The molecule has 106 valence electrons. The van der Waals surface area contributed by atoms with Gasteiger partial charge in [-0.3, -0.25) is 4.79 Å². The SMILES string of the molecule is COc1cccc(-c2ccc(CN)c(=O)n2CCO)c1.